The quantitative estimate of drug-likeness (QED) is 0.555. The number of ether oxygens (including phenoxy) is 1. The third kappa shape index (κ3) is 1.93. The summed E-state index contributed by atoms with van der Waals surface area (Å²) in [5.41, 5.74) is 3.04. The van der Waals surface area contributed by atoms with Gasteiger partial charge in [0.1, 0.15) is 17.4 Å². The van der Waals surface area contributed by atoms with Gasteiger partial charge in [-0.05, 0) is 18.2 Å². The van der Waals surface area contributed by atoms with E-state index in [0.29, 0.717) is 15.9 Å². The molecule has 2 heterocycles. The van der Waals surface area contributed by atoms with E-state index >= 15 is 0 Å². The highest BCUT2D eigenvalue weighted by Gasteiger charge is 2.62. The maximum atomic E-state index is 13.5. The molecule has 1 spiro atoms. The van der Waals surface area contributed by atoms with Crippen molar-refractivity contribution in [2.75, 3.05) is 0 Å². The summed E-state index contributed by atoms with van der Waals surface area (Å²) in [6, 6.07) is 12.7. The molecule has 0 amide bonds. The molecule has 1 aliphatic heterocycles. The van der Waals surface area contributed by atoms with Crippen molar-refractivity contribution in [3.63, 3.8) is 0 Å². The molecule has 1 aliphatic carbocycles. The summed E-state index contributed by atoms with van der Waals surface area (Å²) < 4.78 is 5.62. The number of nitrogens with zero attached hydrogens (tertiary/aromatic N) is 1. The Hall–Kier alpha value is -3.89. The number of carbonyl (C=O) groups excluding carboxylic acids is 2. The molecule has 0 fully saturated rings. The van der Waals surface area contributed by atoms with Gasteiger partial charge in [-0.15, -0.1) is 0 Å². The van der Waals surface area contributed by atoms with Crippen LogP contribution < -0.4 is 16.0 Å². The number of halogens is 1. The highest BCUT2D eigenvalue weighted by atomic mass is 35.5. The van der Waals surface area contributed by atoms with Crippen molar-refractivity contribution >= 4 is 34.1 Å². The van der Waals surface area contributed by atoms with Crippen molar-refractivity contribution in [2.45, 2.75) is 5.41 Å². The van der Waals surface area contributed by atoms with E-state index in [9.17, 15) is 19.6 Å². The molecule has 3 N–H and O–H groups in total. The molecular weight excluding hydrogens is 394 g/mol. The molecule has 7 nitrogen and oxygen atoms in total. The van der Waals surface area contributed by atoms with Crippen molar-refractivity contribution in [3.05, 3.63) is 86.0 Å². The summed E-state index contributed by atoms with van der Waals surface area (Å²) in [4.78, 5) is 42.8. The molecule has 0 saturated heterocycles. The molecule has 0 atom stereocenters. The van der Waals surface area contributed by atoms with Crippen molar-refractivity contribution < 1.29 is 14.3 Å². The minimum absolute atomic E-state index is 0.0581. The number of allylic oxidation sites excluding steroid dienone is 1. The Morgan fingerprint density at radius 1 is 1.07 bits per heavy atom. The number of nitrogens with one attached hydrogen (secondary N) is 1. The topological polar surface area (TPSA) is 126 Å². The Balaban J connectivity index is 2.00. The van der Waals surface area contributed by atoms with Crippen LogP contribution in [0.2, 0.25) is 5.02 Å². The lowest BCUT2D eigenvalue weighted by atomic mass is 9.69. The number of hydrogen-bond acceptors (Lipinski definition) is 6. The number of benzene rings is 2. The Morgan fingerprint density at radius 2 is 1.72 bits per heavy atom. The maximum absolute atomic E-state index is 13.5. The van der Waals surface area contributed by atoms with E-state index < -0.39 is 34.0 Å². The van der Waals surface area contributed by atoms with E-state index in [1.807, 2.05) is 6.07 Å². The number of H-pyrrole nitrogens is 1. The van der Waals surface area contributed by atoms with Gasteiger partial charge in [-0.1, -0.05) is 35.9 Å². The SMILES string of the molecule is N#CC1=C(N)Oc2c(c(=O)[nH]c3ccc(Cl)cc23)C12C(=O)c1ccccc1C2=O. The van der Waals surface area contributed by atoms with Crippen molar-refractivity contribution in [2.24, 2.45) is 5.73 Å². The van der Waals surface area contributed by atoms with Crippen molar-refractivity contribution in [1.29, 1.82) is 5.26 Å². The van der Waals surface area contributed by atoms with Gasteiger partial charge in [0.25, 0.3) is 5.56 Å². The molecule has 2 aliphatic rings. The van der Waals surface area contributed by atoms with Crippen LogP contribution >= 0.6 is 11.6 Å². The number of rotatable bonds is 0. The lowest BCUT2D eigenvalue weighted by molar-refractivity contribution is 0.0815. The Bertz CT molecular complexity index is 1390. The summed E-state index contributed by atoms with van der Waals surface area (Å²) in [6.45, 7) is 0. The zero-order chi connectivity index (χ0) is 20.5. The Labute approximate surface area is 168 Å². The van der Waals surface area contributed by atoms with E-state index in [1.54, 1.807) is 24.3 Å². The second kappa shape index (κ2) is 5.56. The normalized spacial score (nSPS) is 16.6. The van der Waals surface area contributed by atoms with Crippen LogP contribution in [0.5, 0.6) is 5.75 Å². The molecule has 0 unspecified atom stereocenters. The smallest absolute Gasteiger partial charge is 0.257 e. The number of ketones is 2. The number of hydrogen-bond donors (Lipinski definition) is 2. The van der Waals surface area contributed by atoms with Crippen LogP contribution in [0.1, 0.15) is 26.3 Å². The zero-order valence-electron chi connectivity index (χ0n) is 14.6. The minimum atomic E-state index is -2.19. The number of aromatic nitrogens is 1. The monoisotopic (exact) mass is 403 g/mol. The molecule has 29 heavy (non-hydrogen) atoms. The van der Waals surface area contributed by atoms with Crippen LogP contribution in [-0.2, 0) is 5.41 Å². The number of nitrogens with two attached hydrogens (primary N) is 1. The van der Waals surface area contributed by atoms with Gasteiger partial charge in [-0.25, -0.2) is 0 Å². The summed E-state index contributed by atoms with van der Waals surface area (Å²) in [5, 5.41) is 10.5. The van der Waals surface area contributed by atoms with Crippen LogP contribution in [0.15, 0.2) is 58.7 Å². The van der Waals surface area contributed by atoms with Gasteiger partial charge in [0.2, 0.25) is 5.88 Å². The second-order valence-corrected chi connectivity index (χ2v) is 7.19. The molecule has 0 saturated carbocycles. The fourth-order valence-electron chi connectivity index (χ4n) is 4.13. The maximum Gasteiger partial charge on any atom is 0.257 e. The molecule has 1 aromatic heterocycles. The van der Waals surface area contributed by atoms with Crippen molar-refractivity contribution in [1.82, 2.24) is 4.98 Å². The van der Waals surface area contributed by atoms with Crippen LogP contribution in [0.3, 0.4) is 0 Å². The second-order valence-electron chi connectivity index (χ2n) is 6.76. The summed E-state index contributed by atoms with van der Waals surface area (Å²) >= 11 is 6.10. The molecule has 5 rings (SSSR count). The van der Waals surface area contributed by atoms with Gasteiger partial charge in [-0.3, -0.25) is 14.4 Å². The van der Waals surface area contributed by atoms with Crippen molar-refractivity contribution in [3.8, 4) is 11.8 Å². The Morgan fingerprint density at radius 3 is 2.34 bits per heavy atom. The third-order valence-electron chi connectivity index (χ3n) is 5.35. The van der Waals surface area contributed by atoms with Gasteiger partial charge in [0, 0.05) is 21.5 Å². The minimum Gasteiger partial charge on any atom is -0.439 e. The van der Waals surface area contributed by atoms with Crippen LogP contribution in [0.25, 0.3) is 10.9 Å². The van der Waals surface area contributed by atoms with Gasteiger partial charge in [-0.2, -0.15) is 5.26 Å². The summed E-state index contributed by atoms with van der Waals surface area (Å²) in [6.07, 6.45) is 0. The number of fused-ring (bicyclic) bond motifs is 5. The van der Waals surface area contributed by atoms with E-state index in [0.717, 1.165) is 0 Å². The van der Waals surface area contributed by atoms with Crippen LogP contribution in [0, 0.1) is 11.3 Å². The number of nitriles is 1. The van der Waals surface area contributed by atoms with Gasteiger partial charge in [0.15, 0.2) is 17.0 Å². The highest BCUT2D eigenvalue weighted by Crippen LogP contribution is 2.51. The fraction of sp³-hybridized carbons (Fsp3) is 0.0476. The van der Waals surface area contributed by atoms with Gasteiger partial charge < -0.3 is 15.5 Å². The molecule has 2 aromatic carbocycles. The first-order valence-corrected chi connectivity index (χ1v) is 8.92. The first kappa shape index (κ1) is 17.2. The lowest BCUT2D eigenvalue weighted by Gasteiger charge is -2.32. The molecule has 140 valence electrons. The molecule has 0 radical (unpaired) electrons. The number of aromatic amines is 1. The van der Waals surface area contributed by atoms with E-state index in [-0.39, 0.29) is 22.4 Å². The lowest BCUT2D eigenvalue weighted by Crippen LogP contribution is -2.48. The average molecular weight is 404 g/mol. The predicted octanol–water partition coefficient (Wildman–Crippen LogP) is 2.58. The van der Waals surface area contributed by atoms with E-state index in [2.05, 4.69) is 4.98 Å². The predicted molar refractivity (Wildman–Crippen MR) is 104 cm³/mol. The molecule has 0 bridgehead atoms. The molecule has 8 heteroatoms. The first-order chi connectivity index (χ1) is 13.9. The van der Waals surface area contributed by atoms with Crippen LogP contribution in [-0.4, -0.2) is 16.6 Å². The first-order valence-electron chi connectivity index (χ1n) is 8.54. The highest BCUT2D eigenvalue weighted by molar-refractivity contribution is 6.36. The molecular formula is C21H10ClN3O4. The van der Waals surface area contributed by atoms with Gasteiger partial charge in [0.05, 0.1) is 11.1 Å². The van der Waals surface area contributed by atoms with E-state index in [4.69, 9.17) is 22.1 Å². The third-order valence-corrected chi connectivity index (χ3v) is 5.58. The Kier molecular flexibility index (Phi) is 3.30. The van der Waals surface area contributed by atoms with Crippen LogP contribution in [0.4, 0.5) is 0 Å². The zero-order valence-corrected chi connectivity index (χ0v) is 15.3. The average Bonchev–Trinajstić information content (AvgIpc) is 2.92. The number of pyridine rings is 1. The summed E-state index contributed by atoms with van der Waals surface area (Å²) in [5.74, 6) is -1.83. The molecule has 3 aromatic rings. The van der Waals surface area contributed by atoms with Gasteiger partial charge >= 0.3 is 0 Å². The number of Topliss-reactive ketones (excluding diaryl/α,β-unsaturated/α-hetero) is 2. The fourth-order valence-corrected chi connectivity index (χ4v) is 4.30. The van der Waals surface area contributed by atoms with E-state index in [1.165, 1.54) is 18.2 Å². The number of carbonyl (C=O) groups is 2. The standard InChI is InChI=1S/C21H10ClN3O4/c22-9-5-6-14-12(7-9)16-15(20(28)25-14)21(13(8-23)19(24)29-16)17(26)10-3-1-2-4-11(10)18(21)27/h1-7H,24H2,(H,25,28). The largest absolute Gasteiger partial charge is 0.439 e. The summed E-state index contributed by atoms with van der Waals surface area (Å²) in [7, 11) is 0.